The molecular weight excluding hydrogens is 419 g/mol. The largest absolute Gasteiger partial charge is 0.493 e. The molecule has 2 aromatic carbocycles. The van der Waals surface area contributed by atoms with Crippen LogP contribution in [0.1, 0.15) is 16.7 Å². The summed E-state index contributed by atoms with van der Waals surface area (Å²) in [6, 6.07) is 15.2. The van der Waals surface area contributed by atoms with E-state index in [4.69, 9.17) is 32.7 Å². The summed E-state index contributed by atoms with van der Waals surface area (Å²) in [7, 11) is 1.63. The normalized spacial score (nSPS) is 10.2. The second kappa shape index (κ2) is 11.1. The van der Waals surface area contributed by atoms with E-state index in [1.807, 2.05) is 36.4 Å². The molecule has 0 fully saturated rings. The molecule has 3 aromatic rings. The Balaban J connectivity index is 0.00000280. The summed E-state index contributed by atoms with van der Waals surface area (Å²) in [6.07, 6.45) is 3.57. The fraction of sp³-hybridized carbons (Fsp3) is 0.190. The topological polar surface area (TPSA) is 43.4 Å². The number of pyridine rings is 1. The minimum atomic E-state index is 0. The maximum absolute atomic E-state index is 6.25. The number of hydrogen-bond donors (Lipinski definition) is 1. The molecule has 3 rings (SSSR count). The van der Waals surface area contributed by atoms with Crippen molar-refractivity contribution in [1.82, 2.24) is 10.3 Å². The first kappa shape index (κ1) is 22.3. The lowest BCUT2D eigenvalue weighted by Crippen LogP contribution is -2.14. The molecule has 4 nitrogen and oxygen atoms in total. The van der Waals surface area contributed by atoms with Gasteiger partial charge in [-0.25, -0.2) is 0 Å². The molecule has 0 radical (unpaired) electrons. The fourth-order valence-electron chi connectivity index (χ4n) is 2.66. The maximum atomic E-state index is 6.25. The first-order chi connectivity index (χ1) is 13.2. The van der Waals surface area contributed by atoms with Crippen LogP contribution in [0.2, 0.25) is 10.0 Å². The van der Waals surface area contributed by atoms with E-state index in [0.29, 0.717) is 34.7 Å². The molecule has 0 saturated carbocycles. The summed E-state index contributed by atoms with van der Waals surface area (Å²) >= 11 is 12.2. The quantitative estimate of drug-likeness (QED) is 0.490. The first-order valence-electron chi connectivity index (χ1n) is 8.49. The zero-order chi connectivity index (χ0) is 19.1. The van der Waals surface area contributed by atoms with Crippen molar-refractivity contribution in [3.63, 3.8) is 0 Å². The van der Waals surface area contributed by atoms with Crippen molar-refractivity contribution in [2.75, 3.05) is 7.11 Å². The van der Waals surface area contributed by atoms with Crippen molar-refractivity contribution in [3.8, 4) is 11.5 Å². The van der Waals surface area contributed by atoms with Crippen LogP contribution >= 0.6 is 35.6 Å². The van der Waals surface area contributed by atoms with E-state index in [2.05, 4.69) is 10.3 Å². The third-order valence-corrected chi connectivity index (χ3v) is 4.65. The van der Waals surface area contributed by atoms with Gasteiger partial charge in [-0.1, -0.05) is 41.4 Å². The van der Waals surface area contributed by atoms with Gasteiger partial charge in [0.1, 0.15) is 6.61 Å². The SMILES string of the molecule is COc1cccc(CNCc2ccncc2)c1OCc1ccc(Cl)cc1Cl.Cl. The lowest BCUT2D eigenvalue weighted by Gasteiger charge is -2.16. The number of nitrogens with one attached hydrogen (secondary N) is 1. The van der Waals surface area contributed by atoms with E-state index in [9.17, 15) is 0 Å². The Labute approximate surface area is 181 Å². The number of aromatic nitrogens is 1. The second-order valence-corrected chi connectivity index (χ2v) is 6.78. The molecule has 0 aliphatic rings. The molecule has 0 bridgehead atoms. The molecule has 0 aliphatic carbocycles. The molecule has 0 saturated heterocycles. The Morgan fingerprint density at radius 3 is 2.46 bits per heavy atom. The van der Waals surface area contributed by atoms with Crippen LogP contribution in [0.4, 0.5) is 0 Å². The number of para-hydroxylation sites is 1. The number of halogens is 3. The highest BCUT2D eigenvalue weighted by atomic mass is 35.5. The van der Waals surface area contributed by atoms with Crippen LogP contribution in [-0.4, -0.2) is 12.1 Å². The lowest BCUT2D eigenvalue weighted by atomic mass is 10.1. The summed E-state index contributed by atoms with van der Waals surface area (Å²) in [4.78, 5) is 4.03. The van der Waals surface area contributed by atoms with Crippen LogP contribution in [0, 0.1) is 0 Å². The van der Waals surface area contributed by atoms with E-state index in [-0.39, 0.29) is 12.4 Å². The molecule has 0 atom stereocenters. The molecule has 7 heteroatoms. The van der Waals surface area contributed by atoms with Crippen LogP contribution in [0.3, 0.4) is 0 Å². The number of nitrogens with zero attached hydrogens (tertiary/aromatic N) is 1. The molecule has 28 heavy (non-hydrogen) atoms. The fourth-order valence-corrected chi connectivity index (χ4v) is 3.12. The molecular formula is C21H21Cl3N2O2. The highest BCUT2D eigenvalue weighted by Crippen LogP contribution is 2.32. The lowest BCUT2D eigenvalue weighted by molar-refractivity contribution is 0.280. The summed E-state index contributed by atoms with van der Waals surface area (Å²) in [6.45, 7) is 1.71. The molecule has 0 aliphatic heterocycles. The van der Waals surface area contributed by atoms with Gasteiger partial charge in [0.05, 0.1) is 7.11 Å². The molecule has 0 amide bonds. The number of methoxy groups -OCH3 is 1. The first-order valence-corrected chi connectivity index (χ1v) is 9.25. The minimum absolute atomic E-state index is 0. The van der Waals surface area contributed by atoms with Crippen molar-refractivity contribution in [1.29, 1.82) is 0 Å². The van der Waals surface area contributed by atoms with Gasteiger partial charge in [-0.2, -0.15) is 0 Å². The van der Waals surface area contributed by atoms with Crippen molar-refractivity contribution in [3.05, 3.63) is 87.7 Å². The van der Waals surface area contributed by atoms with Crippen molar-refractivity contribution >= 4 is 35.6 Å². The predicted molar refractivity (Wildman–Crippen MR) is 116 cm³/mol. The third kappa shape index (κ3) is 6.01. The zero-order valence-corrected chi connectivity index (χ0v) is 17.7. The van der Waals surface area contributed by atoms with Crippen molar-refractivity contribution in [2.45, 2.75) is 19.7 Å². The highest BCUT2D eigenvalue weighted by molar-refractivity contribution is 6.35. The average molecular weight is 440 g/mol. The van der Waals surface area contributed by atoms with Gasteiger partial charge in [0.2, 0.25) is 0 Å². The van der Waals surface area contributed by atoms with Crippen LogP contribution in [-0.2, 0) is 19.7 Å². The Hall–Kier alpha value is -1.98. The summed E-state index contributed by atoms with van der Waals surface area (Å²) < 4.78 is 11.5. The molecule has 1 heterocycles. The van der Waals surface area contributed by atoms with Gasteiger partial charge >= 0.3 is 0 Å². The van der Waals surface area contributed by atoms with Crippen LogP contribution in [0.5, 0.6) is 11.5 Å². The average Bonchev–Trinajstić information content (AvgIpc) is 2.68. The molecule has 148 valence electrons. The highest BCUT2D eigenvalue weighted by Gasteiger charge is 2.12. The second-order valence-electron chi connectivity index (χ2n) is 5.93. The van der Waals surface area contributed by atoms with Crippen molar-refractivity contribution in [2.24, 2.45) is 0 Å². The monoisotopic (exact) mass is 438 g/mol. The van der Waals surface area contributed by atoms with Gasteiger partial charge in [0.15, 0.2) is 11.5 Å². The number of hydrogen-bond acceptors (Lipinski definition) is 4. The standard InChI is InChI=1S/C21H20Cl2N2O2.ClH/c1-26-20-4-2-3-16(13-25-12-15-7-9-24-10-8-15)21(20)27-14-17-5-6-18(22)11-19(17)23;/h2-11,25H,12-14H2,1H3;1H. The van der Waals surface area contributed by atoms with Gasteiger partial charge in [0.25, 0.3) is 0 Å². The Morgan fingerprint density at radius 1 is 0.964 bits per heavy atom. The van der Waals surface area contributed by atoms with Crippen LogP contribution in [0.25, 0.3) is 0 Å². The Kier molecular flexibility index (Phi) is 8.87. The third-order valence-electron chi connectivity index (χ3n) is 4.06. The van der Waals surface area contributed by atoms with E-state index >= 15 is 0 Å². The van der Waals surface area contributed by atoms with Crippen LogP contribution < -0.4 is 14.8 Å². The summed E-state index contributed by atoms with van der Waals surface area (Å²) in [5.74, 6) is 1.39. The molecule has 0 unspecified atom stereocenters. The van der Waals surface area contributed by atoms with Gasteiger partial charge < -0.3 is 14.8 Å². The van der Waals surface area contributed by atoms with E-state index in [1.165, 1.54) is 5.56 Å². The zero-order valence-electron chi connectivity index (χ0n) is 15.3. The van der Waals surface area contributed by atoms with Gasteiger partial charge in [0, 0.05) is 46.7 Å². The molecule has 1 N–H and O–H groups in total. The van der Waals surface area contributed by atoms with Gasteiger partial charge in [-0.05, 0) is 35.9 Å². The Bertz CT molecular complexity index is 892. The van der Waals surface area contributed by atoms with Gasteiger partial charge in [-0.3, -0.25) is 4.98 Å². The minimum Gasteiger partial charge on any atom is -0.493 e. The Morgan fingerprint density at radius 2 is 1.75 bits per heavy atom. The number of benzene rings is 2. The summed E-state index contributed by atoms with van der Waals surface area (Å²) in [5, 5.41) is 4.60. The number of rotatable bonds is 8. The van der Waals surface area contributed by atoms with Crippen LogP contribution in [0.15, 0.2) is 60.9 Å². The van der Waals surface area contributed by atoms with E-state index < -0.39 is 0 Å². The van der Waals surface area contributed by atoms with E-state index in [0.717, 1.165) is 17.7 Å². The van der Waals surface area contributed by atoms with Crippen molar-refractivity contribution < 1.29 is 9.47 Å². The molecule has 1 aromatic heterocycles. The maximum Gasteiger partial charge on any atom is 0.166 e. The number of ether oxygens (including phenoxy) is 2. The predicted octanol–water partition coefficient (Wildman–Crippen LogP) is 5.69. The van der Waals surface area contributed by atoms with Gasteiger partial charge in [-0.15, -0.1) is 12.4 Å². The molecule has 0 spiro atoms. The van der Waals surface area contributed by atoms with E-state index in [1.54, 1.807) is 31.6 Å². The summed E-state index contributed by atoms with van der Waals surface area (Å²) in [5.41, 5.74) is 3.04. The smallest absolute Gasteiger partial charge is 0.166 e.